The van der Waals surface area contributed by atoms with Crippen LogP contribution in [0.5, 0.6) is 0 Å². The number of aliphatic hydroxyl groups is 6. The first-order valence-corrected chi connectivity index (χ1v) is 9.49. The van der Waals surface area contributed by atoms with Crippen molar-refractivity contribution < 1.29 is 45.0 Å². The van der Waals surface area contributed by atoms with Crippen LogP contribution < -0.4 is 15.5 Å². The van der Waals surface area contributed by atoms with E-state index in [1.165, 1.54) is 25.1 Å². The van der Waals surface area contributed by atoms with E-state index >= 15 is 0 Å². The first kappa shape index (κ1) is 26.4. The molecule has 12 nitrogen and oxygen atoms in total. The van der Waals surface area contributed by atoms with Crippen molar-refractivity contribution in [3.8, 4) is 0 Å². The summed E-state index contributed by atoms with van der Waals surface area (Å²) in [4.78, 5) is 38.1. The van der Waals surface area contributed by atoms with E-state index in [2.05, 4.69) is 10.6 Å². The summed E-state index contributed by atoms with van der Waals surface area (Å²) < 4.78 is 0. The van der Waals surface area contributed by atoms with Gasteiger partial charge in [-0.25, -0.2) is 0 Å². The van der Waals surface area contributed by atoms with Gasteiger partial charge in [-0.15, -0.1) is 0 Å². The maximum atomic E-state index is 12.5. The van der Waals surface area contributed by atoms with Crippen LogP contribution in [0.15, 0.2) is 18.2 Å². The zero-order chi connectivity index (χ0) is 23.6. The molecule has 0 aromatic heterocycles. The molecule has 0 aliphatic carbocycles. The van der Waals surface area contributed by atoms with Crippen LogP contribution in [0.4, 0.5) is 5.69 Å². The second-order valence-corrected chi connectivity index (χ2v) is 6.83. The van der Waals surface area contributed by atoms with Gasteiger partial charge in [0.05, 0.1) is 44.7 Å². The SMILES string of the molecule is CC(=O)N(CC(O)CO)c1cc(C(=O)NCC(O)CO)cc(C(=O)NCC(O)CO)c1. The summed E-state index contributed by atoms with van der Waals surface area (Å²) in [6.45, 7) is -1.38. The minimum Gasteiger partial charge on any atom is -0.394 e. The van der Waals surface area contributed by atoms with E-state index in [0.717, 1.165) is 4.90 Å². The highest BCUT2D eigenvalue weighted by atomic mass is 16.3. The number of carbonyl (C=O) groups is 3. The smallest absolute Gasteiger partial charge is 0.251 e. The van der Waals surface area contributed by atoms with Crippen molar-refractivity contribution >= 4 is 23.4 Å². The van der Waals surface area contributed by atoms with Crippen molar-refractivity contribution in [1.82, 2.24) is 10.6 Å². The summed E-state index contributed by atoms with van der Waals surface area (Å²) in [5.41, 5.74) is -0.0244. The number of amides is 3. The minimum atomic E-state index is -1.27. The Bertz CT molecular complexity index is 715. The van der Waals surface area contributed by atoms with E-state index in [4.69, 9.17) is 15.3 Å². The fourth-order valence-electron chi connectivity index (χ4n) is 2.47. The average molecular weight is 443 g/mol. The third-order valence-corrected chi connectivity index (χ3v) is 4.16. The number of nitrogens with zero attached hydrogens (tertiary/aromatic N) is 1. The average Bonchev–Trinajstić information content (AvgIpc) is 2.77. The van der Waals surface area contributed by atoms with Crippen molar-refractivity contribution in [3.63, 3.8) is 0 Å². The molecule has 174 valence electrons. The van der Waals surface area contributed by atoms with Gasteiger partial charge in [-0.05, 0) is 18.2 Å². The molecule has 8 N–H and O–H groups in total. The van der Waals surface area contributed by atoms with Crippen molar-refractivity contribution in [2.45, 2.75) is 25.2 Å². The summed E-state index contributed by atoms with van der Waals surface area (Å²) in [5.74, 6) is -1.93. The van der Waals surface area contributed by atoms with Crippen molar-refractivity contribution in [3.05, 3.63) is 29.3 Å². The number of rotatable bonds is 12. The Morgan fingerprint density at radius 2 is 1.23 bits per heavy atom. The Balaban J connectivity index is 3.29. The molecule has 1 rings (SSSR count). The number of anilines is 1. The lowest BCUT2D eigenvalue weighted by Crippen LogP contribution is -2.38. The lowest BCUT2D eigenvalue weighted by molar-refractivity contribution is -0.117. The molecule has 0 saturated heterocycles. The summed E-state index contributed by atoms with van der Waals surface area (Å²) in [5, 5.41) is 60.1. The summed E-state index contributed by atoms with van der Waals surface area (Å²) >= 11 is 0. The first-order valence-electron chi connectivity index (χ1n) is 9.49. The fourth-order valence-corrected chi connectivity index (χ4v) is 2.47. The number of hydrogen-bond donors (Lipinski definition) is 8. The van der Waals surface area contributed by atoms with E-state index in [0.29, 0.717) is 0 Å². The second-order valence-electron chi connectivity index (χ2n) is 6.83. The van der Waals surface area contributed by atoms with E-state index in [9.17, 15) is 29.7 Å². The molecule has 1 aromatic carbocycles. The summed E-state index contributed by atoms with van der Waals surface area (Å²) in [6, 6.07) is 3.78. The highest BCUT2D eigenvalue weighted by Crippen LogP contribution is 2.21. The largest absolute Gasteiger partial charge is 0.394 e. The molecular weight excluding hydrogens is 414 g/mol. The lowest BCUT2D eigenvalue weighted by Gasteiger charge is -2.24. The second kappa shape index (κ2) is 12.9. The van der Waals surface area contributed by atoms with Crippen LogP contribution in [0.1, 0.15) is 27.6 Å². The van der Waals surface area contributed by atoms with Gasteiger partial charge in [-0.2, -0.15) is 0 Å². The van der Waals surface area contributed by atoms with E-state index in [1.807, 2.05) is 0 Å². The monoisotopic (exact) mass is 443 g/mol. The van der Waals surface area contributed by atoms with Gasteiger partial charge in [-0.3, -0.25) is 14.4 Å². The van der Waals surface area contributed by atoms with Gasteiger partial charge in [0.2, 0.25) is 5.91 Å². The van der Waals surface area contributed by atoms with Crippen LogP contribution in [0.2, 0.25) is 0 Å². The van der Waals surface area contributed by atoms with Gasteiger partial charge < -0.3 is 46.2 Å². The number of carbonyl (C=O) groups excluding carboxylic acids is 3. The molecule has 0 bridgehead atoms. The highest BCUT2D eigenvalue weighted by molar-refractivity contribution is 6.03. The fraction of sp³-hybridized carbons (Fsp3) is 0.526. The number of benzene rings is 1. The zero-order valence-corrected chi connectivity index (χ0v) is 17.1. The van der Waals surface area contributed by atoms with Crippen LogP contribution in [0.3, 0.4) is 0 Å². The molecule has 0 aliphatic rings. The van der Waals surface area contributed by atoms with Crippen LogP contribution in [0, 0.1) is 0 Å². The predicted octanol–water partition coefficient (Wildman–Crippen LogP) is -3.44. The minimum absolute atomic E-state index is 0.0553. The molecule has 0 spiro atoms. The van der Waals surface area contributed by atoms with Crippen molar-refractivity contribution in [2.24, 2.45) is 0 Å². The molecule has 3 amide bonds. The Morgan fingerprint density at radius 3 is 1.58 bits per heavy atom. The maximum absolute atomic E-state index is 12.5. The van der Waals surface area contributed by atoms with Crippen molar-refractivity contribution in [1.29, 1.82) is 0 Å². The van der Waals surface area contributed by atoms with Gasteiger partial charge in [0.1, 0.15) is 0 Å². The molecule has 3 unspecified atom stereocenters. The van der Waals surface area contributed by atoms with E-state index in [1.54, 1.807) is 0 Å². The van der Waals surface area contributed by atoms with Crippen LogP contribution >= 0.6 is 0 Å². The molecule has 31 heavy (non-hydrogen) atoms. The van der Waals surface area contributed by atoms with Gasteiger partial charge in [-0.1, -0.05) is 0 Å². The van der Waals surface area contributed by atoms with Crippen LogP contribution in [0.25, 0.3) is 0 Å². The normalized spacial score (nSPS) is 13.8. The maximum Gasteiger partial charge on any atom is 0.251 e. The van der Waals surface area contributed by atoms with Gasteiger partial charge in [0.25, 0.3) is 11.8 Å². The summed E-state index contributed by atoms with van der Waals surface area (Å²) in [6.07, 6.45) is -3.65. The molecule has 3 atom stereocenters. The molecule has 1 aromatic rings. The highest BCUT2D eigenvalue weighted by Gasteiger charge is 2.21. The van der Waals surface area contributed by atoms with E-state index in [-0.39, 0.29) is 36.4 Å². The molecule has 0 saturated carbocycles. The molecule has 12 heteroatoms. The molecule has 0 aliphatic heterocycles. The first-order chi connectivity index (χ1) is 14.6. The molecule has 0 fully saturated rings. The summed E-state index contributed by atoms with van der Waals surface area (Å²) in [7, 11) is 0. The van der Waals surface area contributed by atoms with Crippen LogP contribution in [-0.4, -0.2) is 106 Å². The Kier molecular flexibility index (Phi) is 11.0. The Morgan fingerprint density at radius 1 is 0.806 bits per heavy atom. The molecule has 0 radical (unpaired) electrons. The molecule has 0 heterocycles. The Hall–Kier alpha value is -2.61. The third kappa shape index (κ3) is 8.57. The number of aliphatic hydroxyl groups excluding tert-OH is 6. The van der Waals surface area contributed by atoms with E-state index < -0.39 is 55.9 Å². The number of nitrogens with one attached hydrogen (secondary N) is 2. The van der Waals surface area contributed by atoms with Gasteiger partial charge in [0.15, 0.2) is 0 Å². The van der Waals surface area contributed by atoms with Gasteiger partial charge >= 0.3 is 0 Å². The predicted molar refractivity (Wildman–Crippen MR) is 108 cm³/mol. The van der Waals surface area contributed by atoms with Gasteiger partial charge in [0, 0.05) is 36.8 Å². The zero-order valence-electron chi connectivity index (χ0n) is 17.1. The standard InChI is InChI=1S/C19H29N3O9/c1-11(26)22(7-17(29)10-25)14-3-12(18(30)20-5-15(27)8-23)2-13(4-14)19(31)21-6-16(28)9-24/h2-4,15-17,23-25,27-29H,5-10H2,1H3,(H,20,30)(H,21,31). The topological polar surface area (TPSA) is 200 Å². The van der Waals surface area contributed by atoms with Crippen LogP contribution in [-0.2, 0) is 4.79 Å². The lowest BCUT2D eigenvalue weighted by atomic mass is 10.1. The Labute approximate surface area is 178 Å². The van der Waals surface area contributed by atoms with Crippen molar-refractivity contribution in [2.75, 3.05) is 44.4 Å². The quantitative estimate of drug-likeness (QED) is 0.162. The number of hydrogen-bond acceptors (Lipinski definition) is 9. The third-order valence-electron chi connectivity index (χ3n) is 4.16. The molecular formula is C19H29N3O9.